The molecule has 4 aromatic rings. The van der Waals surface area contributed by atoms with Gasteiger partial charge in [-0.2, -0.15) is 5.26 Å². The van der Waals surface area contributed by atoms with Crippen molar-refractivity contribution in [1.29, 1.82) is 5.26 Å². The lowest BCUT2D eigenvalue weighted by molar-refractivity contribution is -0.143. The van der Waals surface area contributed by atoms with Gasteiger partial charge in [-0.05, 0) is 55.0 Å². The minimum absolute atomic E-state index is 0.217. The summed E-state index contributed by atoms with van der Waals surface area (Å²) in [6.45, 7) is 1.36. The second kappa shape index (κ2) is 11.8. The summed E-state index contributed by atoms with van der Waals surface area (Å²) in [6, 6.07) is 23.6. The third-order valence-corrected chi connectivity index (χ3v) is 6.02. The second-order valence-corrected chi connectivity index (χ2v) is 8.58. The highest BCUT2D eigenvalue weighted by molar-refractivity contribution is 6.10. The van der Waals surface area contributed by atoms with Crippen LogP contribution in [0.15, 0.2) is 72.8 Å². The van der Waals surface area contributed by atoms with Gasteiger partial charge in [-0.3, -0.25) is 19.3 Å². The Kier molecular flexibility index (Phi) is 8.14. The number of ether oxygens (including phenoxy) is 1. The Hall–Kier alpha value is -4.97. The number of hydrogen-bond donors (Lipinski definition) is 1. The van der Waals surface area contributed by atoms with E-state index in [2.05, 4.69) is 11.4 Å². The highest BCUT2D eigenvalue weighted by Crippen LogP contribution is 2.22. The molecule has 9 nitrogen and oxygen atoms in total. The number of para-hydroxylation sites is 1. The number of anilines is 1. The van der Waals surface area contributed by atoms with E-state index in [4.69, 9.17) is 15.0 Å². The Morgan fingerprint density at radius 1 is 1.05 bits per heavy atom. The van der Waals surface area contributed by atoms with Gasteiger partial charge in [0.2, 0.25) is 5.91 Å². The van der Waals surface area contributed by atoms with Crippen molar-refractivity contribution in [1.82, 2.24) is 14.9 Å². The van der Waals surface area contributed by atoms with Crippen LogP contribution in [-0.2, 0) is 27.8 Å². The van der Waals surface area contributed by atoms with Crippen LogP contribution in [-0.4, -0.2) is 47.0 Å². The van der Waals surface area contributed by atoms with Crippen molar-refractivity contribution in [3.63, 3.8) is 0 Å². The number of fused-ring (bicyclic) bond motifs is 1. The van der Waals surface area contributed by atoms with Crippen LogP contribution in [0.4, 0.5) is 5.69 Å². The highest BCUT2D eigenvalue weighted by Gasteiger charge is 2.22. The van der Waals surface area contributed by atoms with E-state index in [-0.39, 0.29) is 25.6 Å². The number of nitrogens with one attached hydrogen (secondary N) is 1. The second-order valence-electron chi connectivity index (χ2n) is 8.58. The van der Waals surface area contributed by atoms with Crippen LogP contribution in [0.25, 0.3) is 11.0 Å². The van der Waals surface area contributed by atoms with Crippen molar-refractivity contribution in [3.8, 4) is 6.07 Å². The summed E-state index contributed by atoms with van der Waals surface area (Å²) in [7, 11) is 1.92. The van der Waals surface area contributed by atoms with Crippen molar-refractivity contribution in [2.75, 3.05) is 24.6 Å². The number of aryl methyl sites for hydroxylation is 1. The van der Waals surface area contributed by atoms with Crippen molar-refractivity contribution in [3.05, 3.63) is 95.3 Å². The van der Waals surface area contributed by atoms with Crippen molar-refractivity contribution >= 4 is 34.5 Å². The first-order valence-electron chi connectivity index (χ1n) is 12.1. The molecule has 1 aromatic heterocycles. The molecule has 1 N–H and O–H groups in total. The van der Waals surface area contributed by atoms with Crippen LogP contribution in [0.3, 0.4) is 0 Å². The summed E-state index contributed by atoms with van der Waals surface area (Å²) < 4.78 is 6.81. The molecule has 0 spiro atoms. The zero-order valence-electron chi connectivity index (χ0n) is 21.2. The van der Waals surface area contributed by atoms with Gasteiger partial charge < -0.3 is 14.6 Å². The molecule has 0 atom stereocenters. The van der Waals surface area contributed by atoms with Crippen LogP contribution in [0.1, 0.15) is 34.2 Å². The first-order valence-corrected chi connectivity index (χ1v) is 12.1. The average molecular weight is 510 g/mol. The fourth-order valence-electron chi connectivity index (χ4n) is 4.05. The fraction of sp³-hybridized carbons (Fsp3) is 0.207. The molecule has 9 heteroatoms. The van der Waals surface area contributed by atoms with E-state index in [1.54, 1.807) is 55.5 Å². The number of amides is 2. The summed E-state index contributed by atoms with van der Waals surface area (Å²) >= 11 is 0. The molecule has 0 aliphatic carbocycles. The Morgan fingerprint density at radius 3 is 2.47 bits per heavy atom. The topological polar surface area (TPSA) is 117 Å². The lowest BCUT2D eigenvalue weighted by Crippen LogP contribution is -2.42. The molecule has 0 unspecified atom stereocenters. The number of nitriles is 1. The number of imidazole rings is 1. The molecule has 0 radical (unpaired) electrons. The summed E-state index contributed by atoms with van der Waals surface area (Å²) in [5.74, 6) is -0.592. The van der Waals surface area contributed by atoms with Gasteiger partial charge in [-0.15, -0.1) is 0 Å². The van der Waals surface area contributed by atoms with Crippen LogP contribution in [0.5, 0.6) is 0 Å². The van der Waals surface area contributed by atoms with E-state index in [9.17, 15) is 14.4 Å². The van der Waals surface area contributed by atoms with Crippen molar-refractivity contribution < 1.29 is 19.1 Å². The first-order chi connectivity index (χ1) is 18.4. The molecule has 0 saturated heterocycles. The highest BCUT2D eigenvalue weighted by atomic mass is 16.5. The SMILES string of the molecule is CCOC(=O)CNC(=O)CN(C(=O)c1ccc2c(c1)nc(Cc1ccc(C#N)cc1)n2C)c1ccccc1. The molecule has 0 aliphatic rings. The standard InChI is InChI=1S/C29H27N5O4/c1-3-38-28(36)18-31-27(35)19-34(23-7-5-4-6-8-23)29(37)22-13-14-25-24(16-22)32-26(33(25)2)15-20-9-11-21(17-30)12-10-20/h4-14,16H,3,15,18-19H2,1-2H3,(H,31,35). The van der Waals surface area contributed by atoms with E-state index in [1.807, 2.05) is 35.9 Å². The van der Waals surface area contributed by atoms with E-state index in [1.165, 1.54) is 4.90 Å². The largest absolute Gasteiger partial charge is 0.465 e. The van der Waals surface area contributed by atoms with E-state index < -0.39 is 11.9 Å². The van der Waals surface area contributed by atoms with Crippen LogP contribution in [0.2, 0.25) is 0 Å². The maximum absolute atomic E-state index is 13.6. The van der Waals surface area contributed by atoms with E-state index >= 15 is 0 Å². The number of aromatic nitrogens is 2. The fourth-order valence-corrected chi connectivity index (χ4v) is 4.05. The number of rotatable bonds is 9. The zero-order chi connectivity index (χ0) is 27.1. The third kappa shape index (κ3) is 6.05. The van der Waals surface area contributed by atoms with Gasteiger partial charge in [0.15, 0.2) is 0 Å². The number of nitrogens with zero attached hydrogens (tertiary/aromatic N) is 4. The van der Waals surface area contributed by atoms with E-state index in [0.717, 1.165) is 16.9 Å². The predicted molar refractivity (Wildman–Crippen MR) is 142 cm³/mol. The zero-order valence-corrected chi connectivity index (χ0v) is 21.2. The summed E-state index contributed by atoms with van der Waals surface area (Å²) in [5.41, 5.74) is 4.06. The van der Waals surface area contributed by atoms with Crippen LogP contribution in [0, 0.1) is 11.3 Å². The molecule has 192 valence electrons. The number of hydrogen-bond acceptors (Lipinski definition) is 6. The van der Waals surface area contributed by atoms with Gasteiger partial charge in [0.05, 0.1) is 29.3 Å². The van der Waals surface area contributed by atoms with Gasteiger partial charge in [0.1, 0.15) is 18.9 Å². The number of esters is 1. The minimum atomic E-state index is -0.546. The molecular weight excluding hydrogens is 482 g/mol. The minimum Gasteiger partial charge on any atom is -0.465 e. The lowest BCUT2D eigenvalue weighted by Gasteiger charge is -2.22. The summed E-state index contributed by atoms with van der Waals surface area (Å²) in [4.78, 5) is 43.9. The lowest BCUT2D eigenvalue weighted by atomic mass is 10.1. The molecule has 0 fully saturated rings. The Labute approximate surface area is 220 Å². The smallest absolute Gasteiger partial charge is 0.325 e. The number of carbonyl (C=O) groups excluding carboxylic acids is 3. The number of benzene rings is 3. The van der Waals surface area contributed by atoms with E-state index in [0.29, 0.717) is 28.8 Å². The average Bonchev–Trinajstić information content (AvgIpc) is 3.25. The van der Waals surface area contributed by atoms with Crippen molar-refractivity contribution in [2.45, 2.75) is 13.3 Å². The monoisotopic (exact) mass is 509 g/mol. The summed E-state index contributed by atoms with van der Waals surface area (Å²) in [5, 5.41) is 11.5. The first kappa shape index (κ1) is 26.1. The Bertz CT molecular complexity index is 1500. The molecule has 2 amide bonds. The quantitative estimate of drug-likeness (QED) is 0.346. The molecule has 0 bridgehead atoms. The number of carbonyl (C=O) groups is 3. The predicted octanol–water partition coefficient (Wildman–Crippen LogP) is 3.36. The maximum atomic E-state index is 13.6. The van der Waals surface area contributed by atoms with Gasteiger partial charge in [0, 0.05) is 24.7 Å². The maximum Gasteiger partial charge on any atom is 0.325 e. The normalized spacial score (nSPS) is 10.6. The Balaban J connectivity index is 1.57. The van der Waals surface area contributed by atoms with Crippen LogP contribution < -0.4 is 10.2 Å². The van der Waals surface area contributed by atoms with Gasteiger partial charge in [0.25, 0.3) is 5.91 Å². The third-order valence-electron chi connectivity index (χ3n) is 6.02. The molecule has 3 aromatic carbocycles. The Morgan fingerprint density at radius 2 is 1.79 bits per heavy atom. The van der Waals surface area contributed by atoms with Gasteiger partial charge in [-0.1, -0.05) is 30.3 Å². The molecule has 0 aliphatic heterocycles. The van der Waals surface area contributed by atoms with Gasteiger partial charge >= 0.3 is 5.97 Å². The molecular formula is C29H27N5O4. The van der Waals surface area contributed by atoms with Gasteiger partial charge in [-0.25, -0.2) is 4.98 Å². The summed E-state index contributed by atoms with van der Waals surface area (Å²) in [6.07, 6.45) is 0.566. The molecule has 1 heterocycles. The van der Waals surface area contributed by atoms with Crippen molar-refractivity contribution in [2.24, 2.45) is 7.05 Å². The van der Waals surface area contributed by atoms with Crippen LogP contribution >= 0.6 is 0 Å². The molecule has 38 heavy (non-hydrogen) atoms. The molecule has 0 saturated carbocycles. The molecule has 4 rings (SSSR count).